The molecule has 223 valence electrons. The number of nitriles is 2. The minimum atomic E-state index is -0.586. The van der Waals surface area contributed by atoms with Crippen molar-refractivity contribution in [3.8, 4) is 12.1 Å². The molecule has 2 saturated heterocycles. The zero-order valence-electron chi connectivity index (χ0n) is 26.1. The zero-order chi connectivity index (χ0) is 32.1. The Bertz CT molecular complexity index is 1370. The van der Waals surface area contributed by atoms with Crippen LogP contribution >= 0.6 is 0 Å². The molecule has 1 radical (unpaired) electrons. The number of anilines is 1. The van der Waals surface area contributed by atoms with Gasteiger partial charge in [0, 0.05) is 43.2 Å². The molecule has 0 amide bonds. The Hall–Kier alpha value is -3.56. The van der Waals surface area contributed by atoms with Gasteiger partial charge in [-0.05, 0) is 74.0 Å². The highest BCUT2D eigenvalue weighted by molar-refractivity contribution is 6.05. The number of rotatable bonds is 5. The molecule has 0 saturated carbocycles. The van der Waals surface area contributed by atoms with Crippen LogP contribution in [-0.2, 0) is 14.3 Å². The fraction of sp³-hybridized carbons (Fsp3) is 0.531. The highest BCUT2D eigenvalue weighted by Crippen LogP contribution is 2.41. The predicted molar refractivity (Wildman–Crippen MR) is 161 cm³/mol. The molecule has 0 spiro atoms. The lowest BCUT2D eigenvalue weighted by Crippen LogP contribution is -2.17. The summed E-state index contributed by atoms with van der Waals surface area (Å²) in [5, 5.41) is 18.2. The fourth-order valence-corrected chi connectivity index (χ4v) is 5.50. The van der Waals surface area contributed by atoms with Gasteiger partial charge in [0.25, 0.3) is 0 Å². The van der Waals surface area contributed by atoms with Gasteiger partial charge in [0.2, 0.25) is 6.08 Å². The molecule has 4 rings (SSSR count). The van der Waals surface area contributed by atoms with Crippen LogP contribution in [0, 0.1) is 34.3 Å². The molecule has 2 aromatic rings. The maximum atomic E-state index is 14.4. The Kier molecular flexibility index (Phi) is 13.2. The predicted octanol–water partition coefficient (Wildman–Crippen LogP) is 6.91. The lowest BCUT2D eigenvalue weighted by Gasteiger charge is -2.26. The van der Waals surface area contributed by atoms with E-state index in [4.69, 9.17) is 27.1 Å². The molecule has 0 atom stereocenters. The van der Waals surface area contributed by atoms with E-state index in [0.717, 1.165) is 36.8 Å². The number of halogens is 2. The Labute approximate surface area is 250 Å². The summed E-state index contributed by atoms with van der Waals surface area (Å²) in [5.41, 5.74) is 9.55. The summed E-state index contributed by atoms with van der Waals surface area (Å²) in [6, 6.07) is 6.97. The molecule has 2 N–H and O–H groups in total. The third-order valence-corrected chi connectivity index (χ3v) is 7.55. The summed E-state index contributed by atoms with van der Waals surface area (Å²) in [5.74, 6) is -0.881. The maximum absolute atomic E-state index is 14.4. The van der Waals surface area contributed by atoms with Crippen LogP contribution in [0.1, 0.15) is 110 Å². The Morgan fingerprint density at radius 2 is 1.31 bits per heavy atom. The molecular formula is C32H40BF2N4O3. The van der Waals surface area contributed by atoms with E-state index >= 15 is 0 Å². The summed E-state index contributed by atoms with van der Waals surface area (Å²) < 4.78 is 45.4. The van der Waals surface area contributed by atoms with Crippen LogP contribution in [0.5, 0.6) is 0 Å². The third-order valence-electron chi connectivity index (χ3n) is 7.55. The van der Waals surface area contributed by atoms with Crippen LogP contribution in [-0.4, -0.2) is 41.7 Å². The lowest BCUT2D eigenvalue weighted by molar-refractivity contribution is 0.0853. The first-order valence-corrected chi connectivity index (χ1v) is 14.2. The first kappa shape index (κ1) is 33.0. The lowest BCUT2D eigenvalue weighted by atomic mass is 9.85. The van der Waals surface area contributed by atoms with E-state index in [1.165, 1.54) is 20.0 Å². The highest BCUT2D eigenvalue weighted by atomic mass is 19.1. The monoisotopic (exact) mass is 579 g/mol. The van der Waals surface area contributed by atoms with Gasteiger partial charge >= 0.3 is 0 Å². The van der Waals surface area contributed by atoms with Gasteiger partial charge in [-0.1, -0.05) is 34.5 Å². The second kappa shape index (κ2) is 16.8. The Morgan fingerprint density at radius 3 is 1.71 bits per heavy atom. The molecule has 0 aliphatic carbocycles. The molecule has 2 fully saturated rings. The molecule has 0 bridgehead atoms. The van der Waals surface area contributed by atoms with Gasteiger partial charge in [0.15, 0.2) is 0 Å². The number of hydrogen-bond acceptors (Lipinski definition) is 7. The molecule has 7 nitrogen and oxygen atoms in total. The van der Waals surface area contributed by atoms with E-state index in [-0.39, 0.29) is 34.8 Å². The van der Waals surface area contributed by atoms with Crippen molar-refractivity contribution < 1.29 is 23.0 Å². The number of hydrogen-bond donors (Lipinski definition) is 1. The van der Waals surface area contributed by atoms with E-state index in [1.54, 1.807) is 12.9 Å². The molecule has 2 aromatic carbocycles. The molecule has 2 aliphatic rings. The van der Waals surface area contributed by atoms with Gasteiger partial charge in [-0.25, -0.2) is 13.6 Å². The molecule has 42 heavy (non-hydrogen) atoms. The number of aliphatic imine (C=N–C) groups is 1. The van der Waals surface area contributed by atoms with Crippen LogP contribution in [0.15, 0.2) is 17.1 Å². The largest absolute Gasteiger partial charge is 0.398 e. The van der Waals surface area contributed by atoms with Gasteiger partial charge < -0.3 is 15.2 Å². The summed E-state index contributed by atoms with van der Waals surface area (Å²) in [7, 11) is 1.25. The van der Waals surface area contributed by atoms with Crippen molar-refractivity contribution in [2.75, 3.05) is 32.2 Å². The Balaban J connectivity index is 0.000000276. The smallest absolute Gasteiger partial charge is 0.240 e. The summed E-state index contributed by atoms with van der Waals surface area (Å²) >= 11 is 0. The number of nitrogens with zero attached hydrogens (tertiary/aromatic N) is 3. The second-order valence-electron chi connectivity index (χ2n) is 10.8. The molecule has 0 unspecified atom stereocenters. The summed E-state index contributed by atoms with van der Waals surface area (Å²) in [6.45, 7) is 11.7. The standard InChI is InChI=1S/C16H17FN2O2.C15H19FN2O.CH4B/c1-10(2)14-15(17)12(8-18)7-13(16(14)19-9-20)11-3-5-21-6-4-11;1-9(2)13-14(16)11(8-17)7-12(15(13)18)10-3-5-19-6-4-10;1-2/h7,10-11H,3-6H2,1-2H3;7,9-10H,3-6,18H2,1-2H3;2H,1H3/i;;2T. The number of isocyanates is 1. The highest BCUT2D eigenvalue weighted by Gasteiger charge is 2.27. The van der Waals surface area contributed by atoms with E-state index in [9.17, 15) is 13.6 Å². The molecule has 2 aliphatic heterocycles. The van der Waals surface area contributed by atoms with Crippen molar-refractivity contribution in [1.29, 1.82) is 11.9 Å². The van der Waals surface area contributed by atoms with Crippen molar-refractivity contribution in [2.24, 2.45) is 4.99 Å². The number of ether oxygens (including phenoxy) is 2. The Morgan fingerprint density at radius 1 is 0.905 bits per heavy atom. The van der Waals surface area contributed by atoms with Crippen molar-refractivity contribution in [2.45, 2.75) is 83.9 Å². The van der Waals surface area contributed by atoms with Gasteiger partial charge in [-0.2, -0.15) is 15.5 Å². The van der Waals surface area contributed by atoms with Crippen LogP contribution in [0.2, 0.25) is 6.82 Å². The zero-order valence-corrected chi connectivity index (χ0v) is 25.1. The van der Waals surface area contributed by atoms with Crippen LogP contribution in [0.25, 0.3) is 0 Å². The van der Waals surface area contributed by atoms with Crippen molar-refractivity contribution >= 4 is 25.3 Å². The molecule has 2 heterocycles. The van der Waals surface area contributed by atoms with Gasteiger partial charge in [-0.15, -0.1) is 0 Å². The minimum Gasteiger partial charge on any atom is -0.398 e. The second-order valence-corrected chi connectivity index (χ2v) is 10.8. The van der Waals surface area contributed by atoms with Crippen molar-refractivity contribution in [3.63, 3.8) is 0 Å². The molecule has 0 aromatic heterocycles. The first-order valence-electron chi connectivity index (χ1n) is 14.8. The maximum Gasteiger partial charge on any atom is 0.240 e. The van der Waals surface area contributed by atoms with E-state index in [0.29, 0.717) is 48.9 Å². The SMILES string of the molecule is CC(C)c1c(F)c(C#N)cc(C2CCOCC2)c1N=C=O.CC(C)c1c(N)c(C2CCOCC2)cc(C#N)c1F.[3H][B]C. The topological polar surface area (TPSA) is 121 Å². The van der Waals surface area contributed by atoms with Gasteiger partial charge in [0.05, 0.1) is 24.6 Å². The first-order chi connectivity index (χ1) is 20.6. The van der Waals surface area contributed by atoms with E-state index < -0.39 is 11.6 Å². The average Bonchev–Trinajstić information content (AvgIpc) is 2.99. The number of nitrogen functional groups attached to an aromatic ring is 1. The average molecular weight is 580 g/mol. The van der Waals surface area contributed by atoms with Gasteiger partial charge in [-0.3, -0.25) is 0 Å². The van der Waals surface area contributed by atoms with Crippen molar-refractivity contribution in [3.05, 3.63) is 57.1 Å². The minimum absolute atomic E-state index is 0.00467. The van der Waals surface area contributed by atoms with Gasteiger partial charge in [0.1, 0.15) is 23.8 Å². The normalized spacial score (nSPS) is 15.6. The van der Waals surface area contributed by atoms with E-state index in [1.807, 2.05) is 39.8 Å². The molecule has 10 heteroatoms. The number of nitrogens with two attached hydrogens (primary N) is 1. The quantitative estimate of drug-likeness (QED) is 0.178. The number of carbonyl (C=O) groups excluding carboxylic acids is 1. The molecular weight excluding hydrogens is 537 g/mol. The summed E-state index contributed by atoms with van der Waals surface area (Å²) in [6.07, 6.45) is 4.81. The van der Waals surface area contributed by atoms with Crippen LogP contribution < -0.4 is 5.73 Å². The van der Waals surface area contributed by atoms with Crippen molar-refractivity contribution in [1.82, 2.24) is 0 Å². The summed E-state index contributed by atoms with van der Waals surface area (Å²) in [4.78, 5) is 14.5. The van der Waals surface area contributed by atoms with Crippen LogP contribution in [0.4, 0.5) is 20.2 Å². The third kappa shape index (κ3) is 8.04. The number of benzene rings is 2. The van der Waals surface area contributed by atoms with E-state index in [2.05, 4.69) is 4.99 Å². The van der Waals surface area contributed by atoms with Crippen LogP contribution in [0.3, 0.4) is 0 Å². The fourth-order valence-electron chi connectivity index (χ4n) is 5.50.